The molecule has 1 fully saturated rings. The molecule has 0 aromatic heterocycles. The number of halogens is 2. The van der Waals surface area contributed by atoms with E-state index >= 15 is 0 Å². The van der Waals surface area contributed by atoms with Crippen LogP contribution < -0.4 is 0 Å². The molecule has 2 rings (SSSR count). The molecule has 0 aliphatic heterocycles. The number of carbonyl (C=O) groups is 1. The number of rotatable bonds is 2. The summed E-state index contributed by atoms with van der Waals surface area (Å²) >= 11 is 0. The van der Waals surface area contributed by atoms with Crippen LogP contribution in [-0.4, -0.2) is 5.78 Å². The minimum absolute atomic E-state index is 0.0909. The number of carbonyl (C=O) groups excluding carboxylic acids is 1. The predicted molar refractivity (Wildman–Crippen MR) is 61.9 cm³/mol. The summed E-state index contributed by atoms with van der Waals surface area (Å²) in [6, 6.07) is 2.87. The fourth-order valence-electron chi connectivity index (χ4n) is 2.57. The quantitative estimate of drug-likeness (QED) is 0.714. The van der Waals surface area contributed by atoms with Crippen LogP contribution in [0.3, 0.4) is 0 Å². The van der Waals surface area contributed by atoms with Crippen LogP contribution in [0.5, 0.6) is 0 Å². The minimum atomic E-state index is -0.992. The number of hydrogen-bond donors (Lipinski definition) is 0. The van der Waals surface area contributed by atoms with Crippen molar-refractivity contribution < 1.29 is 13.6 Å². The Hall–Kier alpha value is -1.25. The van der Waals surface area contributed by atoms with E-state index in [1.165, 1.54) is 19.1 Å². The summed E-state index contributed by atoms with van der Waals surface area (Å²) in [7, 11) is 0. The molecule has 1 saturated carbocycles. The Morgan fingerprint density at radius 3 is 2.53 bits per heavy atom. The average Bonchev–Trinajstić information content (AvgIpc) is 2.72. The summed E-state index contributed by atoms with van der Waals surface area (Å²) in [6.45, 7) is 3.49. The van der Waals surface area contributed by atoms with Crippen LogP contribution in [0.15, 0.2) is 12.1 Å². The molecule has 0 saturated heterocycles. The van der Waals surface area contributed by atoms with Crippen molar-refractivity contribution in [3.8, 4) is 0 Å². The molecule has 1 nitrogen and oxygen atoms in total. The second-order valence-electron chi connectivity index (χ2n) is 4.94. The first-order valence-electron chi connectivity index (χ1n) is 6.01. The Labute approximate surface area is 99.8 Å². The highest BCUT2D eigenvalue weighted by molar-refractivity contribution is 5.98. The summed E-state index contributed by atoms with van der Waals surface area (Å²) in [5.74, 6) is -2.01. The molecule has 1 aromatic carbocycles. The van der Waals surface area contributed by atoms with Crippen LogP contribution >= 0.6 is 0 Å². The van der Waals surface area contributed by atoms with Gasteiger partial charge in [-0.05, 0) is 37.3 Å². The van der Waals surface area contributed by atoms with Gasteiger partial charge in [-0.25, -0.2) is 8.78 Å². The molecule has 2 atom stereocenters. The summed E-state index contributed by atoms with van der Waals surface area (Å²) in [5.41, 5.74) is 0.144. The van der Waals surface area contributed by atoms with Gasteiger partial charge in [0.15, 0.2) is 17.4 Å². The second kappa shape index (κ2) is 4.55. The van der Waals surface area contributed by atoms with Gasteiger partial charge in [0, 0.05) is 5.92 Å². The van der Waals surface area contributed by atoms with Gasteiger partial charge >= 0.3 is 0 Å². The number of aryl methyl sites for hydroxylation is 1. The first-order valence-corrected chi connectivity index (χ1v) is 6.01. The molecule has 92 valence electrons. The molecule has 0 N–H and O–H groups in total. The number of ketones is 1. The second-order valence-corrected chi connectivity index (χ2v) is 4.94. The maximum absolute atomic E-state index is 13.7. The fourth-order valence-corrected chi connectivity index (χ4v) is 2.57. The fraction of sp³-hybridized carbons (Fsp3) is 0.500. The van der Waals surface area contributed by atoms with Gasteiger partial charge in [-0.2, -0.15) is 0 Å². The van der Waals surface area contributed by atoms with E-state index in [-0.39, 0.29) is 28.7 Å². The summed E-state index contributed by atoms with van der Waals surface area (Å²) in [6.07, 6.45) is 2.77. The van der Waals surface area contributed by atoms with Gasteiger partial charge in [0.1, 0.15) is 0 Å². The standard InChI is InChI=1S/C14H16F2O/c1-8-4-3-5-10(8)14(17)11-7-6-9(2)12(15)13(11)16/h6-8,10H,3-5H2,1-2H3. The van der Waals surface area contributed by atoms with Gasteiger partial charge < -0.3 is 0 Å². The Morgan fingerprint density at radius 2 is 1.94 bits per heavy atom. The molecule has 0 amide bonds. The van der Waals surface area contributed by atoms with Gasteiger partial charge in [-0.3, -0.25) is 4.79 Å². The summed E-state index contributed by atoms with van der Waals surface area (Å²) in [4.78, 5) is 12.1. The lowest BCUT2D eigenvalue weighted by molar-refractivity contribution is 0.0892. The van der Waals surface area contributed by atoms with Crippen LogP contribution in [0, 0.1) is 30.4 Å². The lowest BCUT2D eigenvalue weighted by Crippen LogP contribution is -2.19. The van der Waals surface area contributed by atoms with E-state index in [1.54, 1.807) is 0 Å². The van der Waals surface area contributed by atoms with Gasteiger partial charge in [0.05, 0.1) is 5.56 Å². The molecule has 1 aliphatic carbocycles. The highest BCUT2D eigenvalue weighted by Gasteiger charge is 2.32. The highest BCUT2D eigenvalue weighted by atomic mass is 19.2. The van der Waals surface area contributed by atoms with Crippen molar-refractivity contribution in [1.29, 1.82) is 0 Å². The zero-order chi connectivity index (χ0) is 12.6. The van der Waals surface area contributed by atoms with Crippen molar-refractivity contribution in [2.24, 2.45) is 11.8 Å². The summed E-state index contributed by atoms with van der Waals surface area (Å²) in [5, 5.41) is 0. The zero-order valence-corrected chi connectivity index (χ0v) is 10.1. The third kappa shape index (κ3) is 2.11. The van der Waals surface area contributed by atoms with Crippen molar-refractivity contribution in [2.45, 2.75) is 33.1 Å². The molecule has 0 bridgehead atoms. The molecule has 17 heavy (non-hydrogen) atoms. The van der Waals surface area contributed by atoms with E-state index in [0.29, 0.717) is 0 Å². The summed E-state index contributed by atoms with van der Waals surface area (Å²) < 4.78 is 27.1. The number of hydrogen-bond acceptors (Lipinski definition) is 1. The number of benzene rings is 1. The maximum atomic E-state index is 13.7. The zero-order valence-electron chi connectivity index (χ0n) is 10.1. The van der Waals surface area contributed by atoms with Crippen LogP contribution in [0.1, 0.15) is 42.1 Å². The van der Waals surface area contributed by atoms with Crippen LogP contribution in [0.2, 0.25) is 0 Å². The van der Waals surface area contributed by atoms with Crippen molar-refractivity contribution in [3.63, 3.8) is 0 Å². The van der Waals surface area contributed by atoms with E-state index in [4.69, 9.17) is 0 Å². The van der Waals surface area contributed by atoms with E-state index in [9.17, 15) is 13.6 Å². The van der Waals surface area contributed by atoms with Crippen LogP contribution in [-0.2, 0) is 0 Å². The molecule has 1 aromatic rings. The van der Waals surface area contributed by atoms with Crippen molar-refractivity contribution in [1.82, 2.24) is 0 Å². The van der Waals surface area contributed by atoms with Crippen LogP contribution in [0.25, 0.3) is 0 Å². The molecule has 3 heteroatoms. The molecule has 0 radical (unpaired) electrons. The first-order chi connectivity index (χ1) is 8.02. The Bertz CT molecular complexity index is 454. The SMILES string of the molecule is Cc1ccc(C(=O)C2CCCC2C)c(F)c1F. The lowest BCUT2D eigenvalue weighted by atomic mass is 9.89. The third-order valence-electron chi connectivity index (χ3n) is 3.74. The molecule has 2 unspecified atom stereocenters. The van der Waals surface area contributed by atoms with Gasteiger partial charge in [-0.15, -0.1) is 0 Å². The van der Waals surface area contributed by atoms with Gasteiger partial charge in [0.25, 0.3) is 0 Å². The van der Waals surface area contributed by atoms with Crippen molar-refractivity contribution in [2.75, 3.05) is 0 Å². The smallest absolute Gasteiger partial charge is 0.169 e. The Balaban J connectivity index is 2.34. The Kier molecular flexibility index (Phi) is 3.27. The molecule has 1 aliphatic rings. The van der Waals surface area contributed by atoms with E-state index in [1.807, 2.05) is 6.92 Å². The monoisotopic (exact) mass is 238 g/mol. The molecular weight excluding hydrogens is 222 g/mol. The largest absolute Gasteiger partial charge is 0.294 e. The van der Waals surface area contributed by atoms with E-state index in [0.717, 1.165) is 19.3 Å². The van der Waals surface area contributed by atoms with Gasteiger partial charge in [-0.1, -0.05) is 19.4 Å². The van der Waals surface area contributed by atoms with E-state index in [2.05, 4.69) is 0 Å². The molecule has 0 heterocycles. The lowest BCUT2D eigenvalue weighted by Gasteiger charge is -2.14. The minimum Gasteiger partial charge on any atom is -0.294 e. The molecular formula is C14H16F2O. The topological polar surface area (TPSA) is 17.1 Å². The van der Waals surface area contributed by atoms with Crippen molar-refractivity contribution >= 4 is 5.78 Å². The van der Waals surface area contributed by atoms with E-state index < -0.39 is 11.6 Å². The van der Waals surface area contributed by atoms with Gasteiger partial charge in [0.2, 0.25) is 0 Å². The average molecular weight is 238 g/mol. The first kappa shape index (κ1) is 12.2. The Morgan fingerprint density at radius 1 is 1.24 bits per heavy atom. The molecule has 0 spiro atoms. The number of Topliss-reactive ketones (excluding diaryl/α,β-unsaturated/α-hetero) is 1. The maximum Gasteiger partial charge on any atom is 0.169 e. The normalized spacial score (nSPS) is 24.0. The predicted octanol–water partition coefficient (Wildman–Crippen LogP) is 3.89. The highest BCUT2D eigenvalue weighted by Crippen LogP contribution is 2.34. The van der Waals surface area contributed by atoms with Crippen LogP contribution in [0.4, 0.5) is 8.78 Å². The third-order valence-corrected chi connectivity index (χ3v) is 3.74. The van der Waals surface area contributed by atoms with Crippen molar-refractivity contribution in [3.05, 3.63) is 34.9 Å².